The number of nitrogens with one attached hydrogen (secondary N) is 1. The summed E-state index contributed by atoms with van der Waals surface area (Å²) in [5.41, 5.74) is 6.12. The first-order valence-corrected chi connectivity index (χ1v) is 7.06. The molecule has 0 amide bonds. The van der Waals surface area contributed by atoms with Crippen LogP contribution in [0.15, 0.2) is 6.20 Å². The van der Waals surface area contributed by atoms with Crippen molar-refractivity contribution in [2.24, 2.45) is 0 Å². The van der Waals surface area contributed by atoms with Crippen molar-refractivity contribution in [2.75, 3.05) is 43.0 Å². The number of ether oxygens (including phenoxy) is 1. The summed E-state index contributed by atoms with van der Waals surface area (Å²) in [6.07, 6.45) is -1.02. The van der Waals surface area contributed by atoms with Gasteiger partial charge in [-0.3, -0.25) is 0 Å². The van der Waals surface area contributed by atoms with Gasteiger partial charge in [-0.25, -0.2) is 9.37 Å². The molecule has 5 N–H and O–H groups in total. The molecule has 0 saturated heterocycles. The van der Waals surface area contributed by atoms with Crippen LogP contribution in [0.2, 0.25) is 0 Å². The normalized spacial score (nSPS) is 18.2. The maximum absolute atomic E-state index is 12.5. The molecular formula is C13H17ClFN5O3. The fourth-order valence-electron chi connectivity index (χ4n) is 2.23. The lowest BCUT2D eigenvalue weighted by atomic mass is 10.0. The Hall–Kier alpha value is -1.86. The van der Waals surface area contributed by atoms with Crippen molar-refractivity contribution in [1.82, 2.24) is 9.97 Å². The average molecular weight is 346 g/mol. The van der Waals surface area contributed by atoms with E-state index in [0.29, 0.717) is 11.5 Å². The lowest BCUT2D eigenvalue weighted by molar-refractivity contribution is -0.0505. The highest BCUT2D eigenvalue weighted by molar-refractivity contribution is 6.28. The maximum Gasteiger partial charge on any atom is 0.222 e. The second-order valence-electron chi connectivity index (χ2n) is 4.74. The second-order valence-corrected chi connectivity index (χ2v) is 5.31. The number of nitrogens with two attached hydrogens (primary N) is 1. The first-order chi connectivity index (χ1) is 11.0. The van der Waals surface area contributed by atoms with Crippen LogP contribution in [-0.2, 0) is 4.74 Å². The Morgan fingerprint density at radius 3 is 3.04 bits per heavy atom. The van der Waals surface area contributed by atoms with Crippen LogP contribution < -0.4 is 16.0 Å². The van der Waals surface area contributed by atoms with Gasteiger partial charge in [-0.2, -0.15) is 4.98 Å². The van der Waals surface area contributed by atoms with Crippen LogP contribution in [0.5, 0.6) is 0 Å². The number of nitrogens with zero attached hydrogens (tertiary/aromatic N) is 3. The van der Waals surface area contributed by atoms with Crippen LogP contribution in [-0.4, -0.2) is 64.4 Å². The van der Waals surface area contributed by atoms with Crippen LogP contribution in [0.1, 0.15) is 0 Å². The third kappa shape index (κ3) is 3.25. The van der Waals surface area contributed by atoms with Crippen molar-refractivity contribution in [1.29, 1.82) is 0 Å². The van der Waals surface area contributed by atoms with Crippen molar-refractivity contribution in [3.05, 3.63) is 6.20 Å². The largest absolute Gasteiger partial charge is 0.394 e. The van der Waals surface area contributed by atoms with Crippen LogP contribution in [0.4, 0.5) is 21.8 Å². The first kappa shape index (κ1) is 17.5. The summed E-state index contributed by atoms with van der Waals surface area (Å²) < 4.78 is 17.5. The number of hydrogen-bond acceptors (Lipinski definition) is 8. The van der Waals surface area contributed by atoms with Gasteiger partial charge in [-0.15, -0.1) is 0 Å². The Morgan fingerprint density at radius 1 is 1.70 bits per heavy atom. The Balaban J connectivity index is 2.47. The molecule has 0 radical (unpaired) electrons. The van der Waals surface area contributed by atoms with Gasteiger partial charge in [0.05, 0.1) is 25.2 Å². The molecule has 0 spiro atoms. The van der Waals surface area contributed by atoms with E-state index in [4.69, 9.17) is 22.1 Å². The van der Waals surface area contributed by atoms with E-state index < -0.39 is 30.5 Å². The predicted octanol–water partition coefficient (Wildman–Crippen LogP) is -0.476. The molecule has 1 aromatic rings. The van der Waals surface area contributed by atoms with Crippen LogP contribution >= 0.6 is 11.6 Å². The quantitative estimate of drug-likeness (QED) is 0.321. The monoisotopic (exact) mass is 345 g/mol. The van der Waals surface area contributed by atoms with Crippen molar-refractivity contribution >= 4 is 29.1 Å². The van der Waals surface area contributed by atoms with Gasteiger partial charge in [0.2, 0.25) is 10.9 Å². The second kappa shape index (κ2) is 7.14. The van der Waals surface area contributed by atoms with Crippen LogP contribution in [0.3, 0.4) is 0 Å². The minimum absolute atomic E-state index is 0.00913. The van der Waals surface area contributed by atoms with E-state index in [-0.39, 0.29) is 12.6 Å². The minimum atomic E-state index is -1.78. The highest BCUT2D eigenvalue weighted by Crippen LogP contribution is 2.38. The number of rotatable bonds is 5. The van der Waals surface area contributed by atoms with Gasteiger partial charge in [0, 0.05) is 7.11 Å². The number of aliphatic hydroxyl groups excluding tert-OH is 2. The van der Waals surface area contributed by atoms with E-state index in [0.717, 1.165) is 0 Å². The van der Waals surface area contributed by atoms with Crippen molar-refractivity contribution in [3.8, 4) is 11.8 Å². The molecule has 0 bridgehead atoms. The summed E-state index contributed by atoms with van der Waals surface area (Å²) in [5.74, 6) is 5.01. The number of halogens is 2. The van der Waals surface area contributed by atoms with Gasteiger partial charge in [-0.05, 0) is 0 Å². The average Bonchev–Trinajstić information content (AvgIpc) is 2.97. The van der Waals surface area contributed by atoms with Gasteiger partial charge >= 0.3 is 0 Å². The molecule has 126 valence electrons. The molecule has 3 atom stereocenters. The van der Waals surface area contributed by atoms with Crippen LogP contribution in [0.25, 0.3) is 0 Å². The molecule has 0 aromatic carbocycles. The molecule has 1 aromatic heterocycles. The van der Waals surface area contributed by atoms with E-state index in [1.165, 1.54) is 18.2 Å². The van der Waals surface area contributed by atoms with Crippen molar-refractivity contribution in [2.45, 2.75) is 17.2 Å². The lowest BCUT2D eigenvalue weighted by Crippen LogP contribution is -2.57. The Kier molecular flexibility index (Phi) is 5.43. The van der Waals surface area contributed by atoms with E-state index in [1.807, 2.05) is 0 Å². The first-order valence-electron chi connectivity index (χ1n) is 6.68. The zero-order chi connectivity index (χ0) is 17.0. The molecule has 1 aliphatic rings. The van der Waals surface area contributed by atoms with Crippen LogP contribution in [0, 0.1) is 11.8 Å². The Bertz CT molecular complexity index is 621. The SMILES string of the molecule is COC(CO)C(O)[C@](Cl)(C#CCF)N1CNc2cnc(N)nc21. The molecule has 23 heavy (non-hydrogen) atoms. The number of fused-ring (bicyclic) bond motifs is 1. The predicted molar refractivity (Wildman–Crippen MR) is 83.6 cm³/mol. The fraction of sp³-hybridized carbons (Fsp3) is 0.538. The molecule has 2 heterocycles. The summed E-state index contributed by atoms with van der Waals surface area (Å²) in [4.78, 5) is 7.56. The number of hydrogen-bond donors (Lipinski definition) is 4. The van der Waals surface area contributed by atoms with E-state index in [9.17, 15) is 14.6 Å². The Labute approximate surface area is 137 Å². The number of aliphatic hydroxyl groups is 2. The van der Waals surface area contributed by atoms with E-state index in [1.54, 1.807) is 0 Å². The fourth-order valence-corrected chi connectivity index (χ4v) is 2.58. The van der Waals surface area contributed by atoms with E-state index >= 15 is 0 Å². The lowest BCUT2D eigenvalue weighted by Gasteiger charge is -2.38. The van der Waals surface area contributed by atoms with Gasteiger partial charge in [0.1, 0.15) is 18.9 Å². The highest BCUT2D eigenvalue weighted by Gasteiger charge is 2.47. The third-order valence-electron chi connectivity index (χ3n) is 3.42. The van der Waals surface area contributed by atoms with Gasteiger partial charge in [0.25, 0.3) is 0 Å². The number of methoxy groups -OCH3 is 1. The summed E-state index contributed by atoms with van der Waals surface area (Å²) in [6, 6.07) is 0. The number of alkyl halides is 2. The zero-order valence-corrected chi connectivity index (χ0v) is 13.1. The smallest absolute Gasteiger partial charge is 0.222 e. The number of aromatic nitrogens is 2. The minimum Gasteiger partial charge on any atom is -0.394 e. The highest BCUT2D eigenvalue weighted by atomic mass is 35.5. The number of anilines is 3. The molecule has 2 rings (SSSR count). The Morgan fingerprint density at radius 2 is 2.43 bits per heavy atom. The molecular weight excluding hydrogens is 329 g/mol. The van der Waals surface area contributed by atoms with Gasteiger partial charge < -0.3 is 30.9 Å². The molecule has 0 aliphatic carbocycles. The molecule has 0 saturated carbocycles. The van der Waals surface area contributed by atoms with Gasteiger partial charge in [-0.1, -0.05) is 23.4 Å². The molecule has 2 unspecified atom stereocenters. The summed E-state index contributed by atoms with van der Waals surface area (Å²) in [5, 5.41) is 22.8. The third-order valence-corrected chi connectivity index (χ3v) is 3.94. The number of nitrogen functional groups attached to an aromatic ring is 1. The van der Waals surface area contributed by atoms with E-state index in [2.05, 4.69) is 27.1 Å². The van der Waals surface area contributed by atoms with Crippen molar-refractivity contribution in [3.63, 3.8) is 0 Å². The molecule has 10 heteroatoms. The zero-order valence-electron chi connectivity index (χ0n) is 12.3. The standard InChI is InChI=1S/C13H17ClFN5O3/c1-23-9(6-21)10(22)13(14,3-2-4-15)20-7-18-8-5-17-12(16)19-11(8)20/h5,9-10,18,21-22H,4,6-7H2,1H3,(H2,16,17,19)/t9?,10?,13-/m0/s1. The maximum atomic E-state index is 12.5. The summed E-state index contributed by atoms with van der Waals surface area (Å²) in [7, 11) is 1.31. The van der Waals surface area contributed by atoms with Crippen molar-refractivity contribution < 1.29 is 19.3 Å². The summed E-state index contributed by atoms with van der Waals surface area (Å²) in [6.45, 7) is -1.31. The molecule has 8 nitrogen and oxygen atoms in total. The molecule has 0 fully saturated rings. The molecule has 1 aliphatic heterocycles. The summed E-state index contributed by atoms with van der Waals surface area (Å²) >= 11 is 6.51. The topological polar surface area (TPSA) is 117 Å². The van der Waals surface area contributed by atoms with Gasteiger partial charge in [0.15, 0.2) is 5.82 Å².